The van der Waals surface area contributed by atoms with E-state index >= 15 is 0 Å². The van der Waals surface area contributed by atoms with Gasteiger partial charge in [0.2, 0.25) is 0 Å². The van der Waals surface area contributed by atoms with Gasteiger partial charge in [-0.25, -0.2) is 4.98 Å². The molecule has 3 aromatic rings. The van der Waals surface area contributed by atoms with Gasteiger partial charge in [-0.05, 0) is 32.9 Å². The summed E-state index contributed by atoms with van der Waals surface area (Å²) in [5.74, 6) is 0.912. The van der Waals surface area contributed by atoms with E-state index in [0.717, 1.165) is 16.1 Å². The van der Waals surface area contributed by atoms with E-state index in [4.69, 9.17) is 9.47 Å². The molecule has 27 heavy (non-hydrogen) atoms. The summed E-state index contributed by atoms with van der Waals surface area (Å²) in [5.41, 5.74) is 3.12. The first-order valence-corrected chi connectivity index (χ1v) is 9.57. The van der Waals surface area contributed by atoms with Crippen LogP contribution in [0, 0.1) is 13.8 Å². The highest BCUT2D eigenvalue weighted by molar-refractivity contribution is 7.16. The molecule has 0 fully saturated rings. The Morgan fingerprint density at radius 1 is 1.04 bits per heavy atom. The van der Waals surface area contributed by atoms with Crippen molar-refractivity contribution < 1.29 is 14.3 Å². The van der Waals surface area contributed by atoms with Gasteiger partial charge in [-0.15, -0.1) is 11.3 Å². The Balaban J connectivity index is 1.63. The minimum Gasteiger partial charge on any atom is -0.490 e. The first kappa shape index (κ1) is 18.9. The lowest BCUT2D eigenvalue weighted by Crippen LogP contribution is -2.20. The molecule has 1 heterocycles. The number of thiazole rings is 1. The molecule has 6 heteroatoms. The van der Waals surface area contributed by atoms with Gasteiger partial charge in [0.05, 0.1) is 12.3 Å². The van der Waals surface area contributed by atoms with E-state index in [1.807, 2.05) is 51.1 Å². The minimum absolute atomic E-state index is 0.109. The van der Waals surface area contributed by atoms with E-state index in [9.17, 15) is 4.79 Å². The van der Waals surface area contributed by atoms with Gasteiger partial charge in [0.25, 0.3) is 5.91 Å². The molecule has 0 atom stereocenters. The normalized spacial score (nSPS) is 10.5. The Morgan fingerprint density at radius 2 is 1.70 bits per heavy atom. The van der Waals surface area contributed by atoms with Crippen LogP contribution in [-0.4, -0.2) is 24.1 Å². The summed E-state index contributed by atoms with van der Waals surface area (Å²) in [6.45, 7) is 6.37. The fourth-order valence-corrected chi connectivity index (χ4v) is 3.42. The summed E-state index contributed by atoms with van der Waals surface area (Å²) < 4.78 is 11.1. The lowest BCUT2D eigenvalue weighted by Gasteiger charge is -2.10. The molecule has 0 radical (unpaired) electrons. The van der Waals surface area contributed by atoms with Crippen LogP contribution in [0.25, 0.3) is 11.3 Å². The van der Waals surface area contributed by atoms with Crippen LogP contribution < -0.4 is 14.8 Å². The lowest BCUT2D eigenvalue weighted by atomic mass is 10.1. The second kappa shape index (κ2) is 8.68. The number of rotatable bonds is 7. The van der Waals surface area contributed by atoms with Gasteiger partial charge in [-0.2, -0.15) is 0 Å². The molecule has 140 valence electrons. The summed E-state index contributed by atoms with van der Waals surface area (Å²) in [6, 6.07) is 15.5. The van der Waals surface area contributed by atoms with Crippen LogP contribution in [0.15, 0.2) is 48.5 Å². The smallest absolute Gasteiger partial charge is 0.264 e. The molecular formula is C21H22N2O3S. The number of amides is 1. The number of para-hydroxylation sites is 2. The molecule has 0 saturated heterocycles. The largest absolute Gasteiger partial charge is 0.490 e. The molecule has 0 saturated carbocycles. The Labute approximate surface area is 163 Å². The average molecular weight is 382 g/mol. The SMILES string of the molecule is CCOc1ccccc1OCC(=O)Nc1nc(-c2ccc(C)cc2)c(C)s1. The monoisotopic (exact) mass is 382 g/mol. The number of carbonyl (C=O) groups is 1. The molecule has 5 nitrogen and oxygen atoms in total. The van der Waals surface area contributed by atoms with Gasteiger partial charge in [-0.3, -0.25) is 10.1 Å². The van der Waals surface area contributed by atoms with Crippen molar-refractivity contribution in [2.75, 3.05) is 18.5 Å². The van der Waals surface area contributed by atoms with Crippen LogP contribution in [-0.2, 0) is 4.79 Å². The van der Waals surface area contributed by atoms with E-state index < -0.39 is 0 Å². The summed E-state index contributed by atoms with van der Waals surface area (Å²) in [7, 11) is 0. The topological polar surface area (TPSA) is 60.5 Å². The zero-order valence-corrected chi connectivity index (χ0v) is 16.4. The molecular weight excluding hydrogens is 360 g/mol. The third-order valence-corrected chi connectivity index (χ3v) is 4.76. The van der Waals surface area contributed by atoms with Crippen LogP contribution in [0.3, 0.4) is 0 Å². The Hall–Kier alpha value is -2.86. The number of hydrogen-bond donors (Lipinski definition) is 1. The molecule has 2 aromatic carbocycles. The number of benzene rings is 2. The molecule has 3 rings (SSSR count). The van der Waals surface area contributed by atoms with E-state index in [1.54, 1.807) is 6.07 Å². The minimum atomic E-state index is -0.259. The van der Waals surface area contributed by atoms with Gasteiger partial charge in [-0.1, -0.05) is 42.0 Å². The fraction of sp³-hybridized carbons (Fsp3) is 0.238. The number of anilines is 1. The molecule has 0 aliphatic carbocycles. The number of nitrogens with one attached hydrogen (secondary N) is 1. The van der Waals surface area contributed by atoms with E-state index in [1.165, 1.54) is 16.9 Å². The molecule has 0 unspecified atom stereocenters. The number of carbonyl (C=O) groups excluding carboxylic acids is 1. The van der Waals surface area contributed by atoms with Crippen molar-refractivity contribution in [1.82, 2.24) is 4.98 Å². The van der Waals surface area contributed by atoms with Crippen molar-refractivity contribution in [3.63, 3.8) is 0 Å². The third-order valence-electron chi connectivity index (χ3n) is 3.88. The summed E-state index contributed by atoms with van der Waals surface area (Å²) in [5, 5.41) is 3.37. The van der Waals surface area contributed by atoms with Crippen LogP contribution in [0.1, 0.15) is 17.4 Å². The van der Waals surface area contributed by atoms with Crippen molar-refractivity contribution in [2.45, 2.75) is 20.8 Å². The van der Waals surface area contributed by atoms with Gasteiger partial charge in [0, 0.05) is 10.4 Å². The molecule has 0 bridgehead atoms. The Morgan fingerprint density at radius 3 is 2.37 bits per heavy atom. The molecule has 0 aliphatic heterocycles. The van der Waals surface area contributed by atoms with Crippen molar-refractivity contribution >= 4 is 22.4 Å². The summed E-state index contributed by atoms with van der Waals surface area (Å²) in [6.07, 6.45) is 0. The molecule has 0 spiro atoms. The van der Waals surface area contributed by atoms with Gasteiger partial charge < -0.3 is 9.47 Å². The summed E-state index contributed by atoms with van der Waals surface area (Å²) in [4.78, 5) is 17.9. The van der Waals surface area contributed by atoms with Crippen molar-refractivity contribution in [2.24, 2.45) is 0 Å². The third kappa shape index (κ3) is 4.86. The maximum atomic E-state index is 12.2. The first-order chi connectivity index (χ1) is 13.1. The van der Waals surface area contributed by atoms with Crippen molar-refractivity contribution in [3.05, 3.63) is 59.0 Å². The van der Waals surface area contributed by atoms with E-state index in [0.29, 0.717) is 23.2 Å². The number of aryl methyl sites for hydroxylation is 2. The molecule has 1 aromatic heterocycles. The predicted octanol–water partition coefficient (Wildman–Crippen LogP) is 4.84. The molecule has 1 N–H and O–H groups in total. The molecule has 1 amide bonds. The number of nitrogens with zero attached hydrogens (tertiary/aromatic N) is 1. The zero-order chi connectivity index (χ0) is 19.2. The first-order valence-electron chi connectivity index (χ1n) is 8.75. The van der Waals surface area contributed by atoms with E-state index in [2.05, 4.69) is 22.4 Å². The summed E-state index contributed by atoms with van der Waals surface area (Å²) >= 11 is 1.45. The van der Waals surface area contributed by atoms with Crippen molar-refractivity contribution in [1.29, 1.82) is 0 Å². The second-order valence-electron chi connectivity index (χ2n) is 6.01. The number of ether oxygens (including phenoxy) is 2. The average Bonchev–Trinajstić information content (AvgIpc) is 3.02. The second-order valence-corrected chi connectivity index (χ2v) is 7.21. The molecule has 0 aliphatic rings. The number of aromatic nitrogens is 1. The lowest BCUT2D eigenvalue weighted by molar-refractivity contribution is -0.118. The van der Waals surface area contributed by atoms with Crippen LogP contribution >= 0.6 is 11.3 Å². The Kier molecular flexibility index (Phi) is 6.08. The highest BCUT2D eigenvalue weighted by atomic mass is 32.1. The fourth-order valence-electron chi connectivity index (χ4n) is 2.57. The quantitative estimate of drug-likeness (QED) is 0.635. The van der Waals surface area contributed by atoms with Gasteiger partial charge >= 0.3 is 0 Å². The maximum absolute atomic E-state index is 12.2. The highest BCUT2D eigenvalue weighted by Crippen LogP contribution is 2.30. The van der Waals surface area contributed by atoms with Crippen LogP contribution in [0.5, 0.6) is 11.5 Å². The predicted molar refractivity (Wildman–Crippen MR) is 109 cm³/mol. The standard InChI is InChI=1S/C21H22N2O3S/c1-4-25-17-7-5-6-8-18(17)26-13-19(24)22-21-23-20(15(3)27-21)16-11-9-14(2)10-12-16/h5-12H,4,13H2,1-3H3,(H,22,23,24). The highest BCUT2D eigenvalue weighted by Gasteiger charge is 2.13. The van der Waals surface area contributed by atoms with Gasteiger partial charge in [0.1, 0.15) is 0 Å². The Bertz CT molecular complexity index is 919. The zero-order valence-electron chi connectivity index (χ0n) is 15.6. The van der Waals surface area contributed by atoms with Crippen LogP contribution in [0.4, 0.5) is 5.13 Å². The van der Waals surface area contributed by atoms with Gasteiger partial charge in [0.15, 0.2) is 23.2 Å². The van der Waals surface area contributed by atoms with E-state index in [-0.39, 0.29) is 12.5 Å². The maximum Gasteiger partial charge on any atom is 0.264 e. The van der Waals surface area contributed by atoms with Crippen LogP contribution in [0.2, 0.25) is 0 Å². The number of hydrogen-bond acceptors (Lipinski definition) is 5. The van der Waals surface area contributed by atoms with Crippen molar-refractivity contribution in [3.8, 4) is 22.8 Å².